The minimum atomic E-state index is -0.964. The molecule has 0 aromatic carbocycles. The van der Waals surface area contributed by atoms with E-state index in [0.717, 1.165) is 18.4 Å². The summed E-state index contributed by atoms with van der Waals surface area (Å²) in [7, 11) is -0.964. The fraction of sp³-hybridized carbons (Fsp3) is 1.00. The molecule has 1 fully saturated rings. The molecule has 0 heterocycles. The third kappa shape index (κ3) is 3.39. The topological polar surface area (TPSA) is 20.2 Å². The number of aliphatic hydroxyl groups is 1. The second-order valence-corrected chi connectivity index (χ2v) is 10.9. The van der Waals surface area contributed by atoms with Crippen LogP contribution in [-0.2, 0) is 0 Å². The highest BCUT2D eigenvalue weighted by Crippen LogP contribution is 2.39. The average Bonchev–Trinajstić information content (AvgIpc) is 2.16. The highest BCUT2D eigenvalue weighted by atomic mass is 28.3. The lowest BCUT2D eigenvalue weighted by Crippen LogP contribution is -2.35. The van der Waals surface area contributed by atoms with Crippen molar-refractivity contribution in [1.29, 1.82) is 0 Å². The van der Waals surface area contributed by atoms with Crippen LogP contribution in [0.2, 0.25) is 24.7 Å². The van der Waals surface area contributed by atoms with Crippen LogP contribution in [0, 0.1) is 0 Å². The van der Waals surface area contributed by atoms with Crippen LogP contribution >= 0.6 is 0 Å². The van der Waals surface area contributed by atoms with Gasteiger partial charge in [0, 0.05) is 0 Å². The lowest BCUT2D eigenvalue weighted by Gasteiger charge is -2.37. The van der Waals surface area contributed by atoms with Gasteiger partial charge in [0.1, 0.15) is 0 Å². The molecule has 84 valence electrons. The summed E-state index contributed by atoms with van der Waals surface area (Å²) >= 11 is 0. The van der Waals surface area contributed by atoms with E-state index in [-0.39, 0.29) is 6.10 Å². The molecule has 1 aliphatic carbocycles. The molecule has 1 rings (SSSR count). The first-order valence-electron chi connectivity index (χ1n) is 6.24. The zero-order valence-electron chi connectivity index (χ0n) is 10.1. The standard InChI is InChI=1S/C12H26OSi/c1-4-5-10-14(2,3)12-8-6-11(13)7-9-12/h11-13H,4-10H2,1-3H3. The van der Waals surface area contributed by atoms with Crippen LogP contribution in [-0.4, -0.2) is 19.3 Å². The molecule has 0 saturated heterocycles. The van der Waals surface area contributed by atoms with Gasteiger partial charge in [0.2, 0.25) is 0 Å². The van der Waals surface area contributed by atoms with E-state index in [1.54, 1.807) is 0 Å². The summed E-state index contributed by atoms with van der Waals surface area (Å²) in [6.07, 6.45) is 7.49. The van der Waals surface area contributed by atoms with Gasteiger partial charge in [-0.3, -0.25) is 0 Å². The van der Waals surface area contributed by atoms with Crippen LogP contribution in [0.25, 0.3) is 0 Å². The van der Waals surface area contributed by atoms with Crippen LogP contribution in [0.1, 0.15) is 45.4 Å². The normalized spacial score (nSPS) is 29.1. The van der Waals surface area contributed by atoms with Gasteiger partial charge in [0.05, 0.1) is 14.2 Å². The van der Waals surface area contributed by atoms with Crippen molar-refractivity contribution in [2.75, 3.05) is 0 Å². The van der Waals surface area contributed by atoms with Gasteiger partial charge >= 0.3 is 0 Å². The molecule has 0 bridgehead atoms. The van der Waals surface area contributed by atoms with Crippen LogP contribution < -0.4 is 0 Å². The van der Waals surface area contributed by atoms with Gasteiger partial charge < -0.3 is 5.11 Å². The van der Waals surface area contributed by atoms with Gasteiger partial charge in [-0.05, 0) is 18.4 Å². The van der Waals surface area contributed by atoms with Crippen molar-refractivity contribution < 1.29 is 5.11 Å². The maximum Gasteiger partial charge on any atom is 0.0540 e. The summed E-state index contributed by atoms with van der Waals surface area (Å²) in [5.41, 5.74) is 0.984. The molecule has 0 aromatic heterocycles. The van der Waals surface area contributed by atoms with E-state index in [9.17, 15) is 5.11 Å². The quantitative estimate of drug-likeness (QED) is 0.706. The van der Waals surface area contributed by atoms with Crippen molar-refractivity contribution in [1.82, 2.24) is 0 Å². The molecule has 1 saturated carbocycles. The zero-order valence-corrected chi connectivity index (χ0v) is 11.1. The zero-order chi connectivity index (χ0) is 10.6. The SMILES string of the molecule is CCCC[Si](C)(C)C1CCC(O)CC1. The van der Waals surface area contributed by atoms with Crippen LogP contribution in [0.15, 0.2) is 0 Å². The Morgan fingerprint density at radius 1 is 1.14 bits per heavy atom. The lowest BCUT2D eigenvalue weighted by atomic mass is 9.97. The van der Waals surface area contributed by atoms with Gasteiger partial charge in [-0.2, -0.15) is 0 Å². The Kier molecular flexibility index (Phi) is 4.65. The van der Waals surface area contributed by atoms with Crippen molar-refractivity contribution in [2.24, 2.45) is 0 Å². The van der Waals surface area contributed by atoms with Crippen LogP contribution in [0.3, 0.4) is 0 Å². The van der Waals surface area contributed by atoms with Crippen LogP contribution in [0.5, 0.6) is 0 Å². The lowest BCUT2D eigenvalue weighted by molar-refractivity contribution is 0.129. The molecule has 1 nitrogen and oxygen atoms in total. The summed E-state index contributed by atoms with van der Waals surface area (Å²) < 4.78 is 0. The first kappa shape index (κ1) is 12.2. The third-order valence-electron chi connectivity index (χ3n) is 3.98. The van der Waals surface area contributed by atoms with Crippen molar-refractivity contribution >= 4 is 8.07 Å². The summed E-state index contributed by atoms with van der Waals surface area (Å²) in [4.78, 5) is 0. The molecular formula is C12H26OSi. The number of aliphatic hydroxyl groups excluding tert-OH is 1. The Labute approximate surface area is 89.9 Å². The van der Waals surface area contributed by atoms with Crippen molar-refractivity contribution in [3.8, 4) is 0 Å². The number of unbranched alkanes of at least 4 members (excludes halogenated alkanes) is 1. The third-order valence-corrected chi connectivity index (χ3v) is 8.41. The number of hydrogen-bond acceptors (Lipinski definition) is 1. The Bertz CT molecular complexity index is 160. The monoisotopic (exact) mass is 214 g/mol. The maximum absolute atomic E-state index is 9.48. The van der Waals surface area contributed by atoms with E-state index < -0.39 is 8.07 Å². The number of rotatable bonds is 4. The minimum absolute atomic E-state index is 0.0159. The molecule has 1 N–H and O–H groups in total. The molecule has 0 unspecified atom stereocenters. The molecule has 14 heavy (non-hydrogen) atoms. The fourth-order valence-electron chi connectivity index (χ4n) is 2.69. The van der Waals surface area contributed by atoms with E-state index in [1.807, 2.05) is 0 Å². The van der Waals surface area contributed by atoms with E-state index in [4.69, 9.17) is 0 Å². The molecule has 0 aliphatic heterocycles. The first-order chi connectivity index (χ1) is 6.56. The van der Waals surface area contributed by atoms with E-state index in [0.29, 0.717) is 0 Å². The van der Waals surface area contributed by atoms with E-state index >= 15 is 0 Å². The van der Waals surface area contributed by atoms with Gasteiger partial charge in [0.25, 0.3) is 0 Å². The second-order valence-electron chi connectivity index (χ2n) is 5.60. The Balaban J connectivity index is 2.38. The van der Waals surface area contributed by atoms with Gasteiger partial charge in [0.15, 0.2) is 0 Å². The summed E-state index contributed by atoms with van der Waals surface area (Å²) in [6, 6.07) is 1.49. The first-order valence-corrected chi connectivity index (χ1v) is 9.52. The van der Waals surface area contributed by atoms with E-state index in [1.165, 1.54) is 31.7 Å². The molecular weight excluding hydrogens is 188 g/mol. The second kappa shape index (κ2) is 5.31. The molecule has 0 radical (unpaired) electrons. The average molecular weight is 214 g/mol. The fourth-order valence-corrected chi connectivity index (χ4v) is 6.26. The summed E-state index contributed by atoms with van der Waals surface area (Å²) in [6.45, 7) is 7.38. The van der Waals surface area contributed by atoms with Crippen molar-refractivity contribution in [3.05, 3.63) is 0 Å². The highest BCUT2D eigenvalue weighted by Gasteiger charge is 2.33. The van der Waals surface area contributed by atoms with Gasteiger partial charge in [-0.1, -0.05) is 51.7 Å². The number of hydrogen-bond donors (Lipinski definition) is 1. The largest absolute Gasteiger partial charge is 0.393 e. The Hall–Kier alpha value is 0.177. The van der Waals surface area contributed by atoms with Crippen molar-refractivity contribution in [2.45, 2.75) is 76.2 Å². The molecule has 2 heteroatoms. The predicted molar refractivity (Wildman–Crippen MR) is 65.4 cm³/mol. The molecule has 0 aromatic rings. The van der Waals surface area contributed by atoms with Crippen LogP contribution in [0.4, 0.5) is 0 Å². The maximum atomic E-state index is 9.48. The van der Waals surface area contributed by atoms with Gasteiger partial charge in [-0.25, -0.2) is 0 Å². The summed E-state index contributed by atoms with van der Waals surface area (Å²) in [5, 5.41) is 9.48. The van der Waals surface area contributed by atoms with Gasteiger partial charge in [-0.15, -0.1) is 0 Å². The Morgan fingerprint density at radius 3 is 2.21 bits per heavy atom. The molecule has 0 spiro atoms. The van der Waals surface area contributed by atoms with E-state index in [2.05, 4.69) is 20.0 Å². The predicted octanol–water partition coefficient (Wildman–Crippen LogP) is 3.80. The summed E-state index contributed by atoms with van der Waals surface area (Å²) in [5.74, 6) is 0. The highest BCUT2D eigenvalue weighted by molar-refractivity contribution is 6.78. The smallest absolute Gasteiger partial charge is 0.0540 e. The molecule has 1 aliphatic rings. The molecule has 0 amide bonds. The molecule has 0 atom stereocenters. The Morgan fingerprint density at radius 2 is 1.71 bits per heavy atom. The van der Waals surface area contributed by atoms with Crippen molar-refractivity contribution in [3.63, 3.8) is 0 Å². The minimum Gasteiger partial charge on any atom is -0.393 e.